The lowest BCUT2D eigenvalue weighted by Crippen LogP contribution is -2.01. The van der Waals surface area contributed by atoms with Gasteiger partial charge in [0.1, 0.15) is 5.82 Å². The molecule has 0 radical (unpaired) electrons. The van der Waals surface area contributed by atoms with Gasteiger partial charge in [-0.05, 0) is 12.1 Å². The van der Waals surface area contributed by atoms with E-state index in [1.165, 1.54) is 0 Å². The molecule has 5 heteroatoms. The average Bonchev–Trinajstić information content (AvgIpc) is 2.32. The highest BCUT2D eigenvalue weighted by Gasteiger charge is 2.02. The van der Waals surface area contributed by atoms with Crippen LogP contribution in [0.3, 0.4) is 0 Å². The summed E-state index contributed by atoms with van der Waals surface area (Å²) in [5.74, 6) is 0.917. The van der Waals surface area contributed by atoms with Gasteiger partial charge in [-0.25, -0.2) is 4.98 Å². The van der Waals surface area contributed by atoms with Crippen LogP contribution in [0.4, 0.5) is 17.5 Å². The lowest BCUT2D eigenvalue weighted by molar-refractivity contribution is 0.185. The van der Waals surface area contributed by atoms with Gasteiger partial charge in [-0.2, -0.15) is 4.98 Å². The Balaban J connectivity index is 2.23. The zero-order chi connectivity index (χ0) is 12.1. The van der Waals surface area contributed by atoms with E-state index in [4.69, 9.17) is 10.5 Å². The predicted octanol–water partition coefficient (Wildman–Crippen LogP) is 1.95. The summed E-state index contributed by atoms with van der Waals surface area (Å²) < 4.78 is 5.13. The summed E-state index contributed by atoms with van der Waals surface area (Å²) in [5.41, 5.74) is 7.54. The number of aromatic nitrogens is 2. The minimum Gasteiger partial charge on any atom is -0.380 e. The Morgan fingerprint density at radius 1 is 1.29 bits per heavy atom. The van der Waals surface area contributed by atoms with E-state index in [1.54, 1.807) is 19.4 Å². The minimum atomic E-state index is 0.249. The molecule has 3 N–H and O–H groups in total. The van der Waals surface area contributed by atoms with Gasteiger partial charge >= 0.3 is 0 Å². The summed E-state index contributed by atoms with van der Waals surface area (Å²) in [6, 6.07) is 9.64. The van der Waals surface area contributed by atoms with Crippen LogP contribution in [-0.4, -0.2) is 17.1 Å². The molecule has 0 saturated carbocycles. The molecule has 5 nitrogen and oxygen atoms in total. The number of para-hydroxylation sites is 1. The Kier molecular flexibility index (Phi) is 3.52. The van der Waals surface area contributed by atoms with E-state index >= 15 is 0 Å². The first-order valence-corrected chi connectivity index (χ1v) is 5.22. The Hall–Kier alpha value is -2.14. The number of benzene rings is 1. The lowest BCUT2D eigenvalue weighted by atomic mass is 10.2. The zero-order valence-corrected chi connectivity index (χ0v) is 9.55. The van der Waals surface area contributed by atoms with Crippen LogP contribution in [0.15, 0.2) is 36.5 Å². The largest absolute Gasteiger partial charge is 0.380 e. The van der Waals surface area contributed by atoms with Crippen molar-refractivity contribution >= 4 is 17.5 Å². The van der Waals surface area contributed by atoms with Gasteiger partial charge in [0.15, 0.2) is 0 Å². The van der Waals surface area contributed by atoms with Gasteiger partial charge in [0.25, 0.3) is 0 Å². The summed E-state index contributed by atoms with van der Waals surface area (Å²) in [6.07, 6.45) is 1.61. The van der Waals surface area contributed by atoms with Crippen LogP contribution in [-0.2, 0) is 11.3 Å². The van der Waals surface area contributed by atoms with Crippen LogP contribution in [0.25, 0.3) is 0 Å². The SMILES string of the molecule is COCc1ccccc1Nc1ccnc(N)n1. The molecular formula is C12H14N4O. The summed E-state index contributed by atoms with van der Waals surface area (Å²) in [4.78, 5) is 7.93. The second kappa shape index (κ2) is 5.27. The van der Waals surface area contributed by atoms with Crippen molar-refractivity contribution in [3.05, 3.63) is 42.1 Å². The number of nitrogen functional groups attached to an aromatic ring is 1. The van der Waals surface area contributed by atoms with Crippen LogP contribution in [0.5, 0.6) is 0 Å². The maximum absolute atomic E-state index is 5.52. The van der Waals surface area contributed by atoms with E-state index in [0.717, 1.165) is 11.3 Å². The molecule has 17 heavy (non-hydrogen) atoms. The van der Waals surface area contributed by atoms with E-state index < -0.39 is 0 Å². The first-order chi connectivity index (χ1) is 8.29. The lowest BCUT2D eigenvalue weighted by Gasteiger charge is -2.10. The molecule has 2 aromatic rings. The molecule has 0 amide bonds. The van der Waals surface area contributed by atoms with Crippen LogP contribution in [0, 0.1) is 0 Å². The monoisotopic (exact) mass is 230 g/mol. The third kappa shape index (κ3) is 2.92. The second-order valence-corrected chi connectivity index (χ2v) is 3.52. The molecular weight excluding hydrogens is 216 g/mol. The van der Waals surface area contributed by atoms with Crippen molar-refractivity contribution in [3.8, 4) is 0 Å². The van der Waals surface area contributed by atoms with E-state index in [9.17, 15) is 0 Å². The Bertz CT molecular complexity index is 501. The minimum absolute atomic E-state index is 0.249. The van der Waals surface area contributed by atoms with E-state index in [1.807, 2.05) is 24.3 Å². The molecule has 1 aromatic carbocycles. The smallest absolute Gasteiger partial charge is 0.221 e. The first-order valence-electron chi connectivity index (χ1n) is 5.22. The number of nitrogens with one attached hydrogen (secondary N) is 1. The van der Waals surface area contributed by atoms with Crippen molar-refractivity contribution in [2.24, 2.45) is 0 Å². The standard InChI is InChI=1S/C12H14N4O/c1-17-8-9-4-2-3-5-10(9)15-11-6-7-14-12(13)16-11/h2-7H,8H2,1H3,(H3,13,14,15,16). The van der Waals surface area contributed by atoms with E-state index in [0.29, 0.717) is 12.4 Å². The van der Waals surface area contributed by atoms with Crippen LogP contribution >= 0.6 is 0 Å². The van der Waals surface area contributed by atoms with Crippen molar-refractivity contribution in [2.75, 3.05) is 18.2 Å². The zero-order valence-electron chi connectivity index (χ0n) is 9.55. The molecule has 0 bridgehead atoms. The van der Waals surface area contributed by atoms with Crippen LogP contribution in [0.1, 0.15) is 5.56 Å². The fourth-order valence-corrected chi connectivity index (χ4v) is 1.50. The molecule has 0 aliphatic rings. The summed E-state index contributed by atoms with van der Waals surface area (Å²) in [7, 11) is 1.67. The van der Waals surface area contributed by atoms with Crippen molar-refractivity contribution in [1.82, 2.24) is 9.97 Å². The summed E-state index contributed by atoms with van der Waals surface area (Å²) in [5, 5.41) is 3.19. The molecule has 2 rings (SSSR count). The molecule has 0 fully saturated rings. The fraction of sp³-hybridized carbons (Fsp3) is 0.167. The Morgan fingerprint density at radius 3 is 2.88 bits per heavy atom. The van der Waals surface area contributed by atoms with Gasteiger partial charge in [-0.3, -0.25) is 0 Å². The van der Waals surface area contributed by atoms with E-state index in [-0.39, 0.29) is 5.95 Å². The van der Waals surface area contributed by atoms with Crippen molar-refractivity contribution < 1.29 is 4.74 Å². The number of anilines is 3. The highest BCUT2D eigenvalue weighted by atomic mass is 16.5. The van der Waals surface area contributed by atoms with Crippen molar-refractivity contribution in [1.29, 1.82) is 0 Å². The second-order valence-electron chi connectivity index (χ2n) is 3.52. The summed E-state index contributed by atoms with van der Waals surface area (Å²) in [6.45, 7) is 0.545. The molecule has 88 valence electrons. The number of rotatable bonds is 4. The van der Waals surface area contributed by atoms with Gasteiger partial charge in [-0.15, -0.1) is 0 Å². The van der Waals surface area contributed by atoms with Gasteiger partial charge < -0.3 is 15.8 Å². The van der Waals surface area contributed by atoms with Crippen molar-refractivity contribution in [2.45, 2.75) is 6.61 Å². The van der Waals surface area contributed by atoms with Gasteiger partial charge in [0, 0.05) is 24.6 Å². The van der Waals surface area contributed by atoms with E-state index in [2.05, 4.69) is 15.3 Å². The molecule has 1 aromatic heterocycles. The highest BCUT2D eigenvalue weighted by Crippen LogP contribution is 2.20. The molecule has 0 atom stereocenters. The highest BCUT2D eigenvalue weighted by molar-refractivity contribution is 5.60. The van der Waals surface area contributed by atoms with Gasteiger partial charge in [0.2, 0.25) is 5.95 Å². The van der Waals surface area contributed by atoms with Gasteiger partial charge in [0.05, 0.1) is 6.61 Å². The summed E-state index contributed by atoms with van der Waals surface area (Å²) >= 11 is 0. The molecule has 1 heterocycles. The number of hydrogen-bond donors (Lipinski definition) is 2. The maximum Gasteiger partial charge on any atom is 0.221 e. The fourth-order valence-electron chi connectivity index (χ4n) is 1.50. The molecule has 0 aliphatic heterocycles. The number of ether oxygens (including phenoxy) is 1. The van der Waals surface area contributed by atoms with Crippen LogP contribution in [0.2, 0.25) is 0 Å². The molecule has 0 saturated heterocycles. The number of nitrogens with two attached hydrogens (primary N) is 1. The Labute approximate surface area is 99.7 Å². The van der Waals surface area contributed by atoms with Gasteiger partial charge in [-0.1, -0.05) is 18.2 Å². The average molecular weight is 230 g/mol. The van der Waals surface area contributed by atoms with Crippen molar-refractivity contribution in [3.63, 3.8) is 0 Å². The maximum atomic E-state index is 5.52. The third-order valence-electron chi connectivity index (χ3n) is 2.25. The topological polar surface area (TPSA) is 73.1 Å². The quantitative estimate of drug-likeness (QED) is 0.839. The third-order valence-corrected chi connectivity index (χ3v) is 2.25. The number of methoxy groups -OCH3 is 1. The predicted molar refractivity (Wildman–Crippen MR) is 66.9 cm³/mol. The molecule has 0 aliphatic carbocycles. The van der Waals surface area contributed by atoms with Crippen LogP contribution < -0.4 is 11.1 Å². The molecule has 0 unspecified atom stereocenters. The first kappa shape index (κ1) is 11.3. The number of hydrogen-bond acceptors (Lipinski definition) is 5. The normalized spacial score (nSPS) is 10.2. The Morgan fingerprint density at radius 2 is 2.12 bits per heavy atom. The molecule has 0 spiro atoms. The number of nitrogens with zero attached hydrogens (tertiary/aromatic N) is 2.